The minimum absolute atomic E-state index is 0.0606. The summed E-state index contributed by atoms with van der Waals surface area (Å²) in [5, 5.41) is 38.9. The molecule has 6 heteroatoms. The molecule has 1 aliphatic rings. The first-order valence-electron chi connectivity index (χ1n) is 9.98. The molecule has 0 bridgehead atoms. The normalized spacial score (nSPS) is 25.5. The number of carbonyl (C=O) groups is 1. The zero-order chi connectivity index (χ0) is 20.8. The molecule has 0 aromatic rings. The van der Waals surface area contributed by atoms with Crippen LogP contribution in [0.1, 0.15) is 51.9 Å². The van der Waals surface area contributed by atoms with Gasteiger partial charge in [0.15, 0.2) is 0 Å². The number of carboxylic acids is 1. The van der Waals surface area contributed by atoms with Crippen LogP contribution in [0.4, 0.5) is 0 Å². The Morgan fingerprint density at radius 1 is 1.11 bits per heavy atom. The SMILES string of the molecule is CC/C=C\C/C=C\C[C@H](O)/C=C/[C@@H]1O[C@@H]([C@@H](O)C/C=C\CCC(=O)O)C[C@H]1O. The number of carboxylic acid groups (broad SMARTS) is 1. The number of allylic oxidation sites excluding steroid dienone is 4. The fraction of sp³-hybridized carbons (Fsp3) is 0.591. The highest BCUT2D eigenvalue weighted by atomic mass is 16.5. The van der Waals surface area contributed by atoms with Crippen LogP contribution in [0, 0.1) is 0 Å². The number of ether oxygens (including phenoxy) is 1. The van der Waals surface area contributed by atoms with Gasteiger partial charge in [-0.15, -0.1) is 0 Å². The van der Waals surface area contributed by atoms with Crippen LogP contribution in [-0.4, -0.2) is 56.9 Å². The summed E-state index contributed by atoms with van der Waals surface area (Å²) in [6.45, 7) is 2.08. The highest BCUT2D eigenvalue weighted by molar-refractivity contribution is 5.66. The van der Waals surface area contributed by atoms with Crippen LogP contribution in [-0.2, 0) is 9.53 Å². The summed E-state index contributed by atoms with van der Waals surface area (Å²) in [6.07, 6.45) is 15.1. The van der Waals surface area contributed by atoms with Crippen molar-refractivity contribution in [3.63, 3.8) is 0 Å². The topological polar surface area (TPSA) is 107 Å². The monoisotopic (exact) mass is 394 g/mol. The molecule has 0 saturated carbocycles. The van der Waals surface area contributed by atoms with Crippen molar-refractivity contribution in [2.45, 2.75) is 82.4 Å². The third kappa shape index (κ3) is 10.6. The Morgan fingerprint density at radius 2 is 1.82 bits per heavy atom. The molecule has 0 aliphatic carbocycles. The van der Waals surface area contributed by atoms with Crippen LogP contribution < -0.4 is 0 Å². The van der Waals surface area contributed by atoms with Gasteiger partial charge in [0.2, 0.25) is 0 Å². The standard InChI is InChI=1S/C22H34O6/c1-2-3-4-5-6-8-11-17(23)14-15-20-19(25)16-21(28-20)18(24)12-9-7-10-13-22(26)27/h3-4,6-9,14-15,17-21,23-25H,2,5,10-13,16H2,1H3,(H,26,27)/b4-3-,8-6-,9-7-,15-14+/t17-,18-,19+,20-,21+/m0/s1. The minimum Gasteiger partial charge on any atom is -0.481 e. The molecule has 5 atom stereocenters. The van der Waals surface area contributed by atoms with Crippen molar-refractivity contribution in [2.24, 2.45) is 0 Å². The van der Waals surface area contributed by atoms with Crippen LogP contribution >= 0.6 is 0 Å². The van der Waals surface area contributed by atoms with E-state index in [1.54, 1.807) is 24.3 Å². The molecule has 158 valence electrons. The first-order chi connectivity index (χ1) is 13.4. The molecule has 0 radical (unpaired) electrons. The lowest BCUT2D eigenvalue weighted by molar-refractivity contribution is -0.136. The van der Waals surface area contributed by atoms with E-state index < -0.39 is 36.5 Å². The zero-order valence-electron chi connectivity index (χ0n) is 16.6. The Hall–Kier alpha value is -1.73. The number of hydrogen-bond acceptors (Lipinski definition) is 5. The van der Waals surface area contributed by atoms with Crippen LogP contribution in [0.2, 0.25) is 0 Å². The molecular formula is C22H34O6. The van der Waals surface area contributed by atoms with E-state index in [1.807, 2.05) is 12.2 Å². The predicted octanol–water partition coefficient (Wildman–Crippen LogP) is 2.90. The molecule has 28 heavy (non-hydrogen) atoms. The molecule has 0 aromatic carbocycles. The van der Waals surface area contributed by atoms with Gasteiger partial charge in [0.05, 0.1) is 24.4 Å². The van der Waals surface area contributed by atoms with Crippen LogP contribution in [0.25, 0.3) is 0 Å². The number of aliphatic hydroxyl groups excluding tert-OH is 3. The lowest BCUT2D eigenvalue weighted by Crippen LogP contribution is -2.25. The van der Waals surface area contributed by atoms with E-state index in [0.717, 1.165) is 12.8 Å². The molecule has 0 unspecified atom stereocenters. The molecule has 0 aromatic heterocycles. The van der Waals surface area contributed by atoms with Gasteiger partial charge >= 0.3 is 5.97 Å². The summed E-state index contributed by atoms with van der Waals surface area (Å²) >= 11 is 0. The first-order valence-corrected chi connectivity index (χ1v) is 9.98. The van der Waals surface area contributed by atoms with E-state index in [0.29, 0.717) is 25.7 Å². The van der Waals surface area contributed by atoms with Gasteiger partial charge in [-0.05, 0) is 32.1 Å². The summed E-state index contributed by atoms with van der Waals surface area (Å²) in [5.74, 6) is -0.854. The lowest BCUT2D eigenvalue weighted by Gasteiger charge is -2.16. The highest BCUT2D eigenvalue weighted by Gasteiger charge is 2.35. The summed E-state index contributed by atoms with van der Waals surface area (Å²) in [5.41, 5.74) is 0. The van der Waals surface area contributed by atoms with Gasteiger partial charge in [-0.3, -0.25) is 4.79 Å². The number of aliphatic carboxylic acids is 1. The van der Waals surface area contributed by atoms with Gasteiger partial charge in [-0.25, -0.2) is 0 Å². The fourth-order valence-electron chi connectivity index (χ4n) is 2.84. The van der Waals surface area contributed by atoms with Gasteiger partial charge in [0.25, 0.3) is 0 Å². The summed E-state index contributed by atoms with van der Waals surface area (Å²) < 4.78 is 5.70. The summed E-state index contributed by atoms with van der Waals surface area (Å²) in [6, 6.07) is 0. The zero-order valence-corrected chi connectivity index (χ0v) is 16.6. The molecule has 0 spiro atoms. The number of hydrogen-bond donors (Lipinski definition) is 4. The van der Waals surface area contributed by atoms with E-state index in [9.17, 15) is 20.1 Å². The van der Waals surface area contributed by atoms with Crippen molar-refractivity contribution in [1.82, 2.24) is 0 Å². The lowest BCUT2D eigenvalue weighted by atomic mass is 10.0. The Morgan fingerprint density at radius 3 is 2.54 bits per heavy atom. The third-order valence-electron chi connectivity index (χ3n) is 4.42. The van der Waals surface area contributed by atoms with Crippen molar-refractivity contribution in [1.29, 1.82) is 0 Å². The maximum absolute atomic E-state index is 10.4. The maximum Gasteiger partial charge on any atom is 0.303 e. The second kappa shape index (κ2) is 14.3. The van der Waals surface area contributed by atoms with Gasteiger partial charge in [0.1, 0.15) is 6.10 Å². The van der Waals surface area contributed by atoms with Crippen LogP contribution in [0.3, 0.4) is 0 Å². The molecule has 1 fully saturated rings. The first kappa shape index (κ1) is 24.3. The van der Waals surface area contributed by atoms with Crippen molar-refractivity contribution in [3.8, 4) is 0 Å². The van der Waals surface area contributed by atoms with Crippen molar-refractivity contribution in [2.75, 3.05) is 0 Å². The van der Waals surface area contributed by atoms with Gasteiger partial charge in [-0.1, -0.05) is 55.5 Å². The average Bonchev–Trinajstić information content (AvgIpc) is 3.03. The minimum atomic E-state index is -0.854. The van der Waals surface area contributed by atoms with E-state index >= 15 is 0 Å². The molecule has 4 N–H and O–H groups in total. The predicted molar refractivity (Wildman–Crippen MR) is 109 cm³/mol. The molecule has 1 saturated heterocycles. The number of rotatable bonds is 13. The second-order valence-electron chi connectivity index (χ2n) is 6.92. The van der Waals surface area contributed by atoms with Gasteiger partial charge < -0.3 is 25.2 Å². The fourth-order valence-corrected chi connectivity index (χ4v) is 2.84. The highest BCUT2D eigenvalue weighted by Crippen LogP contribution is 2.25. The van der Waals surface area contributed by atoms with Crippen molar-refractivity contribution in [3.05, 3.63) is 48.6 Å². The Balaban J connectivity index is 2.34. The van der Waals surface area contributed by atoms with E-state index in [1.165, 1.54) is 0 Å². The molecule has 1 rings (SSSR count). The largest absolute Gasteiger partial charge is 0.481 e. The summed E-state index contributed by atoms with van der Waals surface area (Å²) in [4.78, 5) is 10.4. The van der Waals surface area contributed by atoms with Crippen LogP contribution in [0.5, 0.6) is 0 Å². The van der Waals surface area contributed by atoms with Crippen LogP contribution in [0.15, 0.2) is 48.6 Å². The molecular weight excluding hydrogens is 360 g/mol. The van der Waals surface area contributed by atoms with Gasteiger partial charge in [-0.2, -0.15) is 0 Å². The maximum atomic E-state index is 10.4. The summed E-state index contributed by atoms with van der Waals surface area (Å²) in [7, 11) is 0. The second-order valence-corrected chi connectivity index (χ2v) is 6.92. The Kier molecular flexibility index (Phi) is 12.4. The smallest absolute Gasteiger partial charge is 0.303 e. The van der Waals surface area contributed by atoms with E-state index in [4.69, 9.17) is 9.84 Å². The third-order valence-corrected chi connectivity index (χ3v) is 4.42. The average molecular weight is 395 g/mol. The van der Waals surface area contributed by atoms with Gasteiger partial charge in [0, 0.05) is 12.8 Å². The quantitative estimate of drug-likeness (QED) is 0.358. The van der Waals surface area contributed by atoms with E-state index in [-0.39, 0.29) is 6.42 Å². The molecule has 6 nitrogen and oxygen atoms in total. The Labute approximate surface area is 167 Å². The molecule has 0 amide bonds. The van der Waals surface area contributed by atoms with Crippen molar-refractivity contribution < 1.29 is 30.0 Å². The van der Waals surface area contributed by atoms with E-state index in [2.05, 4.69) is 19.1 Å². The molecule has 1 aliphatic heterocycles. The Bertz CT molecular complexity index is 551. The molecule has 1 heterocycles. The number of aliphatic hydroxyl groups is 3. The van der Waals surface area contributed by atoms with Crippen molar-refractivity contribution >= 4 is 5.97 Å².